The summed E-state index contributed by atoms with van der Waals surface area (Å²) in [6, 6.07) is 5.50. The molecule has 33 heavy (non-hydrogen) atoms. The molecule has 0 bridgehead atoms. The molecule has 1 saturated heterocycles. The van der Waals surface area contributed by atoms with Gasteiger partial charge in [0.05, 0.1) is 11.3 Å². The number of nitrogens with one attached hydrogen (secondary N) is 1. The summed E-state index contributed by atoms with van der Waals surface area (Å²) in [5.41, 5.74) is 2.13. The Hall–Kier alpha value is -3.00. The Morgan fingerprint density at radius 1 is 1.24 bits per heavy atom. The van der Waals surface area contributed by atoms with E-state index in [4.69, 9.17) is 4.74 Å². The van der Waals surface area contributed by atoms with Gasteiger partial charge in [-0.3, -0.25) is 9.20 Å². The fourth-order valence-electron chi connectivity index (χ4n) is 4.48. The van der Waals surface area contributed by atoms with Crippen LogP contribution in [0.25, 0.3) is 5.65 Å². The molecule has 0 spiro atoms. The molecule has 1 aromatic carbocycles. The molecule has 0 saturated carbocycles. The second kappa shape index (κ2) is 9.47. The fraction of sp³-hybridized carbons (Fsp3) is 0.440. The number of aromatic nitrogens is 2. The van der Waals surface area contributed by atoms with Crippen LogP contribution in [0.1, 0.15) is 47.1 Å². The zero-order valence-corrected chi connectivity index (χ0v) is 19.5. The SMILES string of the molecule is Cc1cc(OCc2c(F)cccc2F)c2nc(C)c(C(=O)NC(C)C3CCN(C)CC3)n2c1. The molecule has 1 fully saturated rings. The van der Waals surface area contributed by atoms with E-state index in [9.17, 15) is 13.6 Å². The smallest absolute Gasteiger partial charge is 0.270 e. The molecule has 1 aliphatic heterocycles. The first-order valence-electron chi connectivity index (χ1n) is 11.3. The molecular weight excluding hydrogens is 426 g/mol. The zero-order chi connectivity index (χ0) is 23.7. The number of fused-ring (bicyclic) bond motifs is 1. The van der Waals surface area contributed by atoms with E-state index >= 15 is 0 Å². The van der Waals surface area contributed by atoms with Crippen molar-refractivity contribution in [1.29, 1.82) is 0 Å². The average Bonchev–Trinajstić information content (AvgIpc) is 3.09. The van der Waals surface area contributed by atoms with Gasteiger partial charge in [-0.1, -0.05) is 6.07 Å². The Labute approximate surface area is 192 Å². The predicted molar refractivity (Wildman–Crippen MR) is 123 cm³/mol. The number of imidazole rings is 1. The van der Waals surface area contributed by atoms with Gasteiger partial charge in [0, 0.05) is 12.2 Å². The number of carbonyl (C=O) groups is 1. The summed E-state index contributed by atoms with van der Waals surface area (Å²) in [5.74, 6) is -0.727. The molecule has 2 aromatic heterocycles. The number of rotatable bonds is 6. The van der Waals surface area contributed by atoms with Crippen molar-refractivity contribution in [2.75, 3.05) is 20.1 Å². The average molecular weight is 457 g/mol. The van der Waals surface area contributed by atoms with Gasteiger partial charge in [0.2, 0.25) is 0 Å². The summed E-state index contributed by atoms with van der Waals surface area (Å²) in [5, 5.41) is 3.15. The van der Waals surface area contributed by atoms with Gasteiger partial charge in [0.25, 0.3) is 5.91 Å². The van der Waals surface area contributed by atoms with Crippen LogP contribution in [-0.4, -0.2) is 46.4 Å². The Morgan fingerprint density at radius 3 is 2.58 bits per heavy atom. The van der Waals surface area contributed by atoms with Crippen molar-refractivity contribution in [3.63, 3.8) is 0 Å². The summed E-state index contributed by atoms with van der Waals surface area (Å²) in [4.78, 5) is 20.1. The Kier molecular flexibility index (Phi) is 6.65. The molecule has 6 nitrogen and oxygen atoms in total. The van der Waals surface area contributed by atoms with E-state index in [0.717, 1.165) is 31.5 Å². The molecule has 3 aromatic rings. The molecular formula is C25H30F2N4O2. The number of aryl methyl sites for hydroxylation is 2. The highest BCUT2D eigenvalue weighted by Gasteiger charge is 2.26. The number of carbonyl (C=O) groups excluding carboxylic acids is 1. The van der Waals surface area contributed by atoms with Gasteiger partial charge in [-0.2, -0.15) is 0 Å². The fourth-order valence-corrected chi connectivity index (χ4v) is 4.48. The van der Waals surface area contributed by atoms with Crippen LogP contribution in [0.5, 0.6) is 5.75 Å². The van der Waals surface area contributed by atoms with Gasteiger partial charge >= 0.3 is 0 Å². The lowest BCUT2D eigenvalue weighted by Gasteiger charge is -2.33. The molecule has 1 N–H and O–H groups in total. The lowest BCUT2D eigenvalue weighted by molar-refractivity contribution is 0.0902. The number of likely N-dealkylation sites (tertiary alicyclic amines) is 1. The van der Waals surface area contributed by atoms with E-state index < -0.39 is 11.6 Å². The van der Waals surface area contributed by atoms with Crippen LogP contribution in [0, 0.1) is 31.4 Å². The highest BCUT2D eigenvalue weighted by Crippen LogP contribution is 2.26. The van der Waals surface area contributed by atoms with Crippen LogP contribution in [0.4, 0.5) is 8.78 Å². The summed E-state index contributed by atoms with van der Waals surface area (Å²) < 4.78 is 35.5. The van der Waals surface area contributed by atoms with Gasteiger partial charge in [0.1, 0.15) is 23.9 Å². The summed E-state index contributed by atoms with van der Waals surface area (Å²) >= 11 is 0. The quantitative estimate of drug-likeness (QED) is 0.602. The topological polar surface area (TPSA) is 58.9 Å². The molecule has 8 heteroatoms. The van der Waals surface area contributed by atoms with Gasteiger partial charge in [0.15, 0.2) is 11.4 Å². The van der Waals surface area contributed by atoms with Gasteiger partial charge in [-0.25, -0.2) is 13.8 Å². The Balaban J connectivity index is 1.58. The predicted octanol–water partition coefficient (Wildman–Crippen LogP) is 4.27. The summed E-state index contributed by atoms with van der Waals surface area (Å²) in [7, 11) is 2.11. The first kappa shape index (κ1) is 23.2. The minimum atomic E-state index is -0.666. The zero-order valence-electron chi connectivity index (χ0n) is 19.5. The Bertz CT molecular complexity index is 1150. The molecule has 3 heterocycles. The second-order valence-electron chi connectivity index (χ2n) is 9.01. The van der Waals surface area contributed by atoms with Crippen LogP contribution in [0.3, 0.4) is 0 Å². The first-order valence-corrected chi connectivity index (χ1v) is 11.3. The van der Waals surface area contributed by atoms with Crippen molar-refractivity contribution in [3.8, 4) is 5.75 Å². The van der Waals surface area contributed by atoms with E-state index in [-0.39, 0.29) is 24.1 Å². The summed E-state index contributed by atoms with van der Waals surface area (Å²) in [6.45, 7) is 7.48. The van der Waals surface area contributed by atoms with Crippen LogP contribution in [0.15, 0.2) is 30.5 Å². The highest BCUT2D eigenvalue weighted by atomic mass is 19.1. The van der Waals surface area contributed by atoms with Crippen molar-refractivity contribution < 1.29 is 18.3 Å². The van der Waals surface area contributed by atoms with Crippen LogP contribution in [-0.2, 0) is 6.61 Å². The number of piperidine rings is 1. The van der Waals surface area contributed by atoms with Gasteiger partial charge in [-0.15, -0.1) is 0 Å². The Morgan fingerprint density at radius 2 is 1.91 bits per heavy atom. The van der Waals surface area contributed by atoms with E-state index in [1.807, 2.05) is 13.1 Å². The molecule has 0 aliphatic carbocycles. The van der Waals surface area contributed by atoms with Crippen molar-refractivity contribution >= 4 is 11.6 Å². The monoisotopic (exact) mass is 456 g/mol. The third-order valence-electron chi connectivity index (χ3n) is 6.48. The number of hydrogen-bond acceptors (Lipinski definition) is 4. The number of amides is 1. The molecule has 1 unspecified atom stereocenters. The summed E-state index contributed by atoms with van der Waals surface area (Å²) in [6.07, 6.45) is 3.92. The van der Waals surface area contributed by atoms with Crippen LogP contribution < -0.4 is 10.1 Å². The van der Waals surface area contributed by atoms with E-state index in [2.05, 4.69) is 29.2 Å². The highest BCUT2D eigenvalue weighted by molar-refractivity contribution is 5.95. The lowest BCUT2D eigenvalue weighted by Crippen LogP contribution is -2.43. The maximum Gasteiger partial charge on any atom is 0.270 e. The normalized spacial score (nSPS) is 16.2. The first-order chi connectivity index (χ1) is 15.7. The van der Waals surface area contributed by atoms with Crippen LogP contribution in [0.2, 0.25) is 0 Å². The molecule has 1 aliphatic rings. The number of hydrogen-bond donors (Lipinski definition) is 1. The number of halogens is 2. The third kappa shape index (κ3) is 4.85. The van der Waals surface area contributed by atoms with Crippen molar-refractivity contribution in [3.05, 3.63) is 64.6 Å². The minimum Gasteiger partial charge on any atom is -0.485 e. The molecule has 176 valence electrons. The number of nitrogens with zero attached hydrogens (tertiary/aromatic N) is 3. The second-order valence-corrected chi connectivity index (χ2v) is 9.01. The van der Waals surface area contributed by atoms with Crippen LogP contribution >= 0.6 is 0 Å². The van der Waals surface area contributed by atoms with Crippen molar-refractivity contribution in [2.45, 2.75) is 46.3 Å². The maximum absolute atomic E-state index is 14.0. The standard InChI is InChI=1S/C25H30F2N4O2/c1-15-12-22(33-14-19-20(26)6-5-7-21(19)27)24-28-17(3)23(31(24)13-15)25(32)29-16(2)18-8-10-30(4)11-9-18/h5-7,12-13,16,18H,8-11,14H2,1-4H3,(H,29,32). The van der Waals surface area contributed by atoms with Gasteiger partial charge < -0.3 is 15.0 Å². The maximum atomic E-state index is 14.0. The van der Waals surface area contributed by atoms with Gasteiger partial charge in [-0.05, 0) is 83.4 Å². The molecule has 0 radical (unpaired) electrons. The largest absolute Gasteiger partial charge is 0.485 e. The molecule has 4 rings (SSSR count). The molecule has 1 amide bonds. The number of ether oxygens (including phenoxy) is 1. The van der Waals surface area contributed by atoms with Crippen molar-refractivity contribution in [1.82, 2.24) is 19.6 Å². The van der Waals surface area contributed by atoms with E-state index in [1.165, 1.54) is 18.2 Å². The van der Waals surface area contributed by atoms with Crippen molar-refractivity contribution in [2.24, 2.45) is 5.92 Å². The molecule has 1 atom stereocenters. The lowest BCUT2D eigenvalue weighted by atomic mass is 9.90. The third-order valence-corrected chi connectivity index (χ3v) is 6.48. The van der Waals surface area contributed by atoms with E-state index in [1.54, 1.807) is 17.4 Å². The number of benzene rings is 1. The number of pyridine rings is 1. The minimum absolute atomic E-state index is 0.0423. The van der Waals surface area contributed by atoms with E-state index in [0.29, 0.717) is 28.7 Å².